The van der Waals surface area contributed by atoms with Crippen LogP contribution < -0.4 is 5.32 Å². The number of amides is 2. The summed E-state index contributed by atoms with van der Waals surface area (Å²) in [4.78, 5) is 35.4. The van der Waals surface area contributed by atoms with Crippen molar-refractivity contribution < 1.29 is 19.1 Å². The molecule has 0 radical (unpaired) electrons. The van der Waals surface area contributed by atoms with Crippen LogP contribution in [0.5, 0.6) is 0 Å². The average molecular weight is 262 g/mol. The molecule has 0 spiro atoms. The molecule has 0 bridgehead atoms. The minimum Gasteiger partial charge on any atom is -0.459 e. The van der Waals surface area contributed by atoms with Crippen LogP contribution in [0.15, 0.2) is 30.3 Å². The van der Waals surface area contributed by atoms with E-state index < -0.39 is 5.97 Å². The number of carbonyl (C=O) groups excluding carboxylic acids is 3. The van der Waals surface area contributed by atoms with Gasteiger partial charge in [0.05, 0.1) is 6.54 Å². The van der Waals surface area contributed by atoms with Gasteiger partial charge in [-0.3, -0.25) is 14.4 Å². The summed E-state index contributed by atoms with van der Waals surface area (Å²) < 4.78 is 5.05. The number of carbonyl (C=O) groups is 3. The molecule has 1 aliphatic heterocycles. The lowest BCUT2D eigenvalue weighted by Gasteiger charge is -2.25. The minimum absolute atomic E-state index is 0.0647. The number of nitrogens with zero attached hydrogens (tertiary/aromatic N) is 1. The van der Waals surface area contributed by atoms with Gasteiger partial charge in [-0.2, -0.15) is 0 Å². The van der Waals surface area contributed by atoms with E-state index in [0.29, 0.717) is 0 Å². The first-order chi connectivity index (χ1) is 9.15. The minimum atomic E-state index is -0.521. The monoisotopic (exact) mass is 262 g/mol. The van der Waals surface area contributed by atoms with Crippen LogP contribution in [0.25, 0.3) is 0 Å². The number of nitrogens with one attached hydrogen (secondary N) is 1. The summed E-state index contributed by atoms with van der Waals surface area (Å²) in [5.74, 6) is -1.07. The van der Waals surface area contributed by atoms with Crippen LogP contribution >= 0.6 is 0 Å². The highest BCUT2D eigenvalue weighted by atomic mass is 16.5. The Balaban J connectivity index is 1.81. The topological polar surface area (TPSA) is 75.7 Å². The molecule has 0 aromatic heterocycles. The molecule has 6 nitrogen and oxygen atoms in total. The maximum absolute atomic E-state index is 11.6. The van der Waals surface area contributed by atoms with E-state index in [1.54, 1.807) is 0 Å². The zero-order chi connectivity index (χ0) is 13.7. The molecule has 2 amide bonds. The van der Waals surface area contributed by atoms with Crippen molar-refractivity contribution in [3.63, 3.8) is 0 Å². The first-order valence-electron chi connectivity index (χ1n) is 5.89. The van der Waals surface area contributed by atoms with E-state index in [1.165, 1.54) is 4.90 Å². The van der Waals surface area contributed by atoms with Crippen molar-refractivity contribution in [1.29, 1.82) is 0 Å². The predicted molar refractivity (Wildman–Crippen MR) is 65.8 cm³/mol. The Kier molecular flexibility index (Phi) is 4.12. The Morgan fingerprint density at radius 1 is 1.26 bits per heavy atom. The molecule has 1 fully saturated rings. The molecular weight excluding hydrogens is 248 g/mol. The molecule has 1 aromatic carbocycles. The van der Waals surface area contributed by atoms with Crippen molar-refractivity contribution >= 4 is 17.8 Å². The molecule has 0 aliphatic carbocycles. The maximum atomic E-state index is 11.6. The summed E-state index contributed by atoms with van der Waals surface area (Å²) in [6.45, 7) is -0.197. The van der Waals surface area contributed by atoms with Gasteiger partial charge < -0.3 is 15.0 Å². The molecular formula is C13H14N2O4. The number of hydrogen-bond acceptors (Lipinski definition) is 4. The third kappa shape index (κ3) is 3.80. The third-order valence-electron chi connectivity index (χ3n) is 2.69. The SMILES string of the molecule is O=C1CN(CC(=O)OCc2ccccc2)C(=O)CN1. The fourth-order valence-corrected chi connectivity index (χ4v) is 1.69. The molecule has 6 heteroatoms. The summed E-state index contributed by atoms with van der Waals surface area (Å²) in [7, 11) is 0. The van der Waals surface area contributed by atoms with Crippen molar-refractivity contribution in [2.24, 2.45) is 0 Å². The van der Waals surface area contributed by atoms with Crippen molar-refractivity contribution in [3.8, 4) is 0 Å². The highest BCUT2D eigenvalue weighted by Gasteiger charge is 2.25. The molecule has 0 saturated carbocycles. The highest BCUT2D eigenvalue weighted by Crippen LogP contribution is 2.02. The van der Waals surface area contributed by atoms with Crippen LogP contribution in [0.3, 0.4) is 0 Å². The average Bonchev–Trinajstić information content (AvgIpc) is 2.42. The fraction of sp³-hybridized carbons (Fsp3) is 0.308. The lowest BCUT2D eigenvalue weighted by atomic mass is 10.2. The number of hydrogen-bond donors (Lipinski definition) is 1. The van der Waals surface area contributed by atoms with Crippen LogP contribution in [0.2, 0.25) is 0 Å². The standard InChI is InChI=1S/C13H14N2O4/c16-11-7-15(12(17)6-14-11)8-13(18)19-9-10-4-2-1-3-5-10/h1-5H,6-9H2,(H,14,16). The van der Waals surface area contributed by atoms with E-state index in [1.807, 2.05) is 30.3 Å². The van der Waals surface area contributed by atoms with Gasteiger partial charge in [-0.1, -0.05) is 30.3 Å². The molecule has 0 atom stereocenters. The Bertz CT molecular complexity index is 487. The number of esters is 1. The third-order valence-corrected chi connectivity index (χ3v) is 2.69. The molecule has 2 rings (SSSR count). The second-order valence-corrected chi connectivity index (χ2v) is 4.17. The van der Waals surface area contributed by atoms with Gasteiger partial charge >= 0.3 is 5.97 Å². The number of rotatable bonds is 4. The number of benzene rings is 1. The fourth-order valence-electron chi connectivity index (χ4n) is 1.69. The van der Waals surface area contributed by atoms with Crippen LogP contribution in [0, 0.1) is 0 Å². The number of piperazine rings is 1. The van der Waals surface area contributed by atoms with Crippen LogP contribution in [-0.4, -0.2) is 42.3 Å². The molecule has 1 aromatic rings. The van der Waals surface area contributed by atoms with Gasteiger partial charge in [-0.05, 0) is 5.56 Å². The van der Waals surface area contributed by atoms with Gasteiger partial charge in [0.15, 0.2) is 0 Å². The predicted octanol–water partition coefficient (Wildman–Crippen LogP) is -0.312. The largest absolute Gasteiger partial charge is 0.459 e. The van der Waals surface area contributed by atoms with Gasteiger partial charge in [0.2, 0.25) is 11.8 Å². The highest BCUT2D eigenvalue weighted by molar-refractivity contribution is 5.94. The van der Waals surface area contributed by atoms with Gasteiger partial charge in [-0.15, -0.1) is 0 Å². The Labute approximate surface area is 110 Å². The lowest BCUT2D eigenvalue weighted by molar-refractivity contribution is -0.152. The van der Waals surface area contributed by atoms with Gasteiger partial charge in [-0.25, -0.2) is 0 Å². The van der Waals surface area contributed by atoms with Gasteiger partial charge in [0.1, 0.15) is 19.7 Å². The summed E-state index contributed by atoms with van der Waals surface area (Å²) in [5, 5.41) is 2.41. The van der Waals surface area contributed by atoms with E-state index in [2.05, 4.69) is 5.32 Å². The molecule has 19 heavy (non-hydrogen) atoms. The van der Waals surface area contributed by atoms with E-state index >= 15 is 0 Å². The van der Waals surface area contributed by atoms with E-state index in [9.17, 15) is 14.4 Å². The summed E-state index contributed by atoms with van der Waals surface area (Å²) in [6.07, 6.45) is 0. The maximum Gasteiger partial charge on any atom is 0.325 e. The molecule has 1 N–H and O–H groups in total. The summed E-state index contributed by atoms with van der Waals surface area (Å²) in [6, 6.07) is 9.25. The zero-order valence-corrected chi connectivity index (χ0v) is 10.3. The van der Waals surface area contributed by atoms with Gasteiger partial charge in [0.25, 0.3) is 0 Å². The first kappa shape index (κ1) is 13.1. The Hall–Kier alpha value is -2.37. The first-order valence-corrected chi connectivity index (χ1v) is 5.89. The van der Waals surface area contributed by atoms with Crippen molar-refractivity contribution in [2.75, 3.05) is 19.6 Å². The molecule has 0 unspecified atom stereocenters. The zero-order valence-electron chi connectivity index (χ0n) is 10.3. The van der Waals surface area contributed by atoms with Gasteiger partial charge in [0, 0.05) is 0 Å². The number of ether oxygens (including phenoxy) is 1. The second-order valence-electron chi connectivity index (χ2n) is 4.17. The molecule has 1 aliphatic rings. The normalized spacial score (nSPS) is 15.1. The molecule has 1 heterocycles. The summed E-state index contributed by atoms with van der Waals surface area (Å²) >= 11 is 0. The smallest absolute Gasteiger partial charge is 0.325 e. The van der Waals surface area contributed by atoms with Crippen molar-refractivity contribution in [1.82, 2.24) is 10.2 Å². The quantitative estimate of drug-likeness (QED) is 0.755. The van der Waals surface area contributed by atoms with E-state index in [4.69, 9.17) is 4.74 Å². The Morgan fingerprint density at radius 3 is 2.74 bits per heavy atom. The van der Waals surface area contributed by atoms with E-state index in [-0.39, 0.29) is 38.1 Å². The van der Waals surface area contributed by atoms with Crippen molar-refractivity contribution in [3.05, 3.63) is 35.9 Å². The Morgan fingerprint density at radius 2 is 2.00 bits per heavy atom. The van der Waals surface area contributed by atoms with Crippen LogP contribution in [0.1, 0.15) is 5.56 Å². The second kappa shape index (κ2) is 5.99. The van der Waals surface area contributed by atoms with Crippen LogP contribution in [-0.2, 0) is 25.7 Å². The van der Waals surface area contributed by atoms with Crippen molar-refractivity contribution in [2.45, 2.75) is 6.61 Å². The lowest BCUT2D eigenvalue weighted by Crippen LogP contribution is -2.53. The molecule has 100 valence electrons. The summed E-state index contributed by atoms with van der Waals surface area (Å²) in [5.41, 5.74) is 0.874. The molecule has 1 saturated heterocycles. The van der Waals surface area contributed by atoms with Crippen LogP contribution in [0.4, 0.5) is 0 Å². The van der Waals surface area contributed by atoms with E-state index in [0.717, 1.165) is 5.56 Å².